The lowest BCUT2D eigenvalue weighted by molar-refractivity contribution is 0.471. The highest BCUT2D eigenvalue weighted by Crippen LogP contribution is 2.31. The second-order valence-electron chi connectivity index (χ2n) is 4.77. The molecule has 0 radical (unpaired) electrons. The van der Waals surface area contributed by atoms with Crippen LogP contribution in [0.15, 0.2) is 30.3 Å². The third kappa shape index (κ3) is 2.19. The van der Waals surface area contributed by atoms with Crippen LogP contribution in [0.1, 0.15) is 22.3 Å². The average molecular weight is 226 g/mol. The van der Waals surface area contributed by atoms with Crippen molar-refractivity contribution in [1.29, 1.82) is 0 Å². The Bertz CT molecular complexity index is 568. The summed E-state index contributed by atoms with van der Waals surface area (Å²) in [5, 5.41) is 9.70. The molecule has 0 aliphatic carbocycles. The van der Waals surface area contributed by atoms with Crippen LogP contribution in [0.5, 0.6) is 5.75 Å². The van der Waals surface area contributed by atoms with Gasteiger partial charge in [-0.25, -0.2) is 0 Å². The van der Waals surface area contributed by atoms with E-state index in [1.165, 1.54) is 22.3 Å². The molecule has 0 fully saturated rings. The normalized spacial score (nSPS) is 10.6. The van der Waals surface area contributed by atoms with Gasteiger partial charge in [0.15, 0.2) is 0 Å². The fraction of sp³-hybridized carbons (Fsp3) is 0.250. The summed E-state index contributed by atoms with van der Waals surface area (Å²) < 4.78 is 0. The Morgan fingerprint density at radius 1 is 0.706 bits per heavy atom. The van der Waals surface area contributed by atoms with Gasteiger partial charge in [-0.15, -0.1) is 0 Å². The van der Waals surface area contributed by atoms with E-state index in [-0.39, 0.29) is 0 Å². The molecule has 0 bridgehead atoms. The zero-order chi connectivity index (χ0) is 12.6. The van der Waals surface area contributed by atoms with Gasteiger partial charge in [-0.3, -0.25) is 0 Å². The van der Waals surface area contributed by atoms with Crippen LogP contribution in [0.4, 0.5) is 0 Å². The molecule has 0 amide bonds. The first-order valence-corrected chi connectivity index (χ1v) is 5.87. The van der Waals surface area contributed by atoms with Gasteiger partial charge in [0.05, 0.1) is 0 Å². The molecule has 2 aromatic carbocycles. The number of aryl methyl sites for hydroxylation is 4. The van der Waals surface area contributed by atoms with Gasteiger partial charge in [0.25, 0.3) is 0 Å². The second-order valence-corrected chi connectivity index (χ2v) is 4.77. The minimum atomic E-state index is 0.372. The quantitative estimate of drug-likeness (QED) is 0.769. The van der Waals surface area contributed by atoms with Crippen molar-refractivity contribution in [1.82, 2.24) is 0 Å². The summed E-state index contributed by atoms with van der Waals surface area (Å²) in [6.45, 7) is 8.20. The van der Waals surface area contributed by atoms with Crippen LogP contribution in [0.2, 0.25) is 0 Å². The van der Waals surface area contributed by atoms with Gasteiger partial charge >= 0.3 is 0 Å². The highest BCUT2D eigenvalue weighted by atomic mass is 16.3. The number of benzene rings is 2. The van der Waals surface area contributed by atoms with Crippen LogP contribution in [0.3, 0.4) is 0 Å². The van der Waals surface area contributed by atoms with E-state index in [1.54, 1.807) is 0 Å². The lowest BCUT2D eigenvalue weighted by Gasteiger charge is -2.12. The van der Waals surface area contributed by atoms with Crippen molar-refractivity contribution in [3.05, 3.63) is 52.6 Å². The Labute approximate surface area is 103 Å². The third-order valence-electron chi connectivity index (χ3n) is 3.23. The number of phenols is 1. The molecule has 1 heteroatoms. The Balaban J connectivity index is 2.68. The smallest absolute Gasteiger partial charge is 0.118 e. The van der Waals surface area contributed by atoms with Gasteiger partial charge in [0.1, 0.15) is 5.75 Å². The summed E-state index contributed by atoms with van der Waals surface area (Å²) in [5.74, 6) is 0.372. The minimum Gasteiger partial charge on any atom is -0.508 e. The largest absolute Gasteiger partial charge is 0.508 e. The van der Waals surface area contributed by atoms with Crippen LogP contribution >= 0.6 is 0 Å². The van der Waals surface area contributed by atoms with Gasteiger partial charge in [-0.05, 0) is 67.6 Å². The van der Waals surface area contributed by atoms with Crippen molar-refractivity contribution in [2.24, 2.45) is 0 Å². The van der Waals surface area contributed by atoms with E-state index in [9.17, 15) is 5.11 Å². The van der Waals surface area contributed by atoms with E-state index in [0.29, 0.717) is 5.75 Å². The fourth-order valence-electron chi connectivity index (χ4n) is 2.12. The molecular weight excluding hydrogens is 208 g/mol. The van der Waals surface area contributed by atoms with Gasteiger partial charge in [0.2, 0.25) is 0 Å². The highest BCUT2D eigenvalue weighted by molar-refractivity contribution is 5.72. The Kier molecular flexibility index (Phi) is 2.93. The maximum Gasteiger partial charge on any atom is 0.118 e. The summed E-state index contributed by atoms with van der Waals surface area (Å²) >= 11 is 0. The van der Waals surface area contributed by atoms with Crippen molar-refractivity contribution in [2.45, 2.75) is 27.7 Å². The summed E-state index contributed by atoms with van der Waals surface area (Å²) in [4.78, 5) is 0. The average Bonchev–Trinajstić information content (AvgIpc) is 2.27. The SMILES string of the molecule is Cc1ccc(C)c(-c2cc(C)c(O)cc2C)c1. The zero-order valence-corrected chi connectivity index (χ0v) is 10.8. The number of aromatic hydroxyl groups is 1. The molecule has 0 atom stereocenters. The van der Waals surface area contributed by atoms with E-state index >= 15 is 0 Å². The van der Waals surface area contributed by atoms with Crippen molar-refractivity contribution in [3.63, 3.8) is 0 Å². The summed E-state index contributed by atoms with van der Waals surface area (Å²) in [6.07, 6.45) is 0. The van der Waals surface area contributed by atoms with Gasteiger partial charge in [-0.2, -0.15) is 0 Å². The molecule has 0 aromatic heterocycles. The molecule has 0 aliphatic rings. The van der Waals surface area contributed by atoms with Crippen molar-refractivity contribution < 1.29 is 5.11 Å². The first-order valence-electron chi connectivity index (χ1n) is 5.87. The second kappa shape index (κ2) is 4.25. The lowest BCUT2D eigenvalue weighted by Crippen LogP contribution is -1.90. The van der Waals surface area contributed by atoms with Crippen molar-refractivity contribution in [3.8, 4) is 16.9 Å². The maximum absolute atomic E-state index is 9.70. The molecule has 1 nitrogen and oxygen atoms in total. The van der Waals surface area contributed by atoms with Crippen LogP contribution in [0, 0.1) is 27.7 Å². The number of hydrogen-bond acceptors (Lipinski definition) is 1. The van der Waals surface area contributed by atoms with E-state index in [4.69, 9.17) is 0 Å². The summed E-state index contributed by atoms with van der Waals surface area (Å²) in [6, 6.07) is 10.4. The maximum atomic E-state index is 9.70. The van der Waals surface area contributed by atoms with Crippen molar-refractivity contribution in [2.75, 3.05) is 0 Å². The molecule has 0 spiro atoms. The van der Waals surface area contributed by atoms with E-state index in [2.05, 4.69) is 38.1 Å². The van der Waals surface area contributed by atoms with Crippen LogP contribution in [-0.4, -0.2) is 5.11 Å². The molecule has 0 saturated carbocycles. The summed E-state index contributed by atoms with van der Waals surface area (Å²) in [7, 11) is 0. The Morgan fingerprint density at radius 3 is 2.06 bits per heavy atom. The lowest BCUT2D eigenvalue weighted by atomic mass is 9.93. The summed E-state index contributed by atoms with van der Waals surface area (Å²) in [5.41, 5.74) is 7.03. The van der Waals surface area contributed by atoms with Gasteiger partial charge < -0.3 is 5.11 Å². The van der Waals surface area contributed by atoms with E-state index in [1.807, 2.05) is 19.9 Å². The zero-order valence-electron chi connectivity index (χ0n) is 10.8. The Hall–Kier alpha value is -1.76. The fourth-order valence-corrected chi connectivity index (χ4v) is 2.12. The minimum absolute atomic E-state index is 0.372. The first-order chi connectivity index (χ1) is 7.99. The molecule has 2 aromatic rings. The standard InChI is InChI=1S/C16H18O/c1-10-5-6-11(2)14(7-10)15-8-13(4)16(17)9-12(15)3/h5-9,17H,1-4H3. The number of phenolic OH excluding ortho intramolecular Hbond substituents is 1. The number of hydrogen-bond donors (Lipinski definition) is 1. The predicted octanol–water partition coefficient (Wildman–Crippen LogP) is 4.29. The van der Waals surface area contributed by atoms with E-state index < -0.39 is 0 Å². The molecule has 1 N–H and O–H groups in total. The molecule has 0 heterocycles. The Morgan fingerprint density at radius 2 is 1.35 bits per heavy atom. The van der Waals surface area contributed by atoms with Crippen LogP contribution < -0.4 is 0 Å². The third-order valence-corrected chi connectivity index (χ3v) is 3.23. The topological polar surface area (TPSA) is 20.2 Å². The monoisotopic (exact) mass is 226 g/mol. The molecular formula is C16H18O. The molecule has 17 heavy (non-hydrogen) atoms. The van der Waals surface area contributed by atoms with Crippen LogP contribution in [-0.2, 0) is 0 Å². The first kappa shape index (κ1) is 11.7. The number of rotatable bonds is 1. The highest BCUT2D eigenvalue weighted by Gasteiger charge is 2.08. The molecule has 0 saturated heterocycles. The molecule has 0 aliphatic heterocycles. The molecule has 88 valence electrons. The van der Waals surface area contributed by atoms with Crippen LogP contribution in [0.25, 0.3) is 11.1 Å². The molecule has 0 unspecified atom stereocenters. The van der Waals surface area contributed by atoms with E-state index in [0.717, 1.165) is 11.1 Å². The molecule has 2 rings (SSSR count). The van der Waals surface area contributed by atoms with Gasteiger partial charge in [-0.1, -0.05) is 23.8 Å². The predicted molar refractivity (Wildman–Crippen MR) is 72.5 cm³/mol. The van der Waals surface area contributed by atoms with Gasteiger partial charge in [0, 0.05) is 0 Å². The van der Waals surface area contributed by atoms with Crippen molar-refractivity contribution >= 4 is 0 Å².